The number of rotatable bonds is 2. The van der Waals surface area contributed by atoms with Crippen molar-refractivity contribution in [3.05, 3.63) is 23.9 Å². The Hall–Kier alpha value is -1.09. The lowest BCUT2D eigenvalue weighted by Gasteiger charge is -2.20. The number of nitrogens with zero attached hydrogens (tertiary/aromatic N) is 1. The van der Waals surface area contributed by atoms with Gasteiger partial charge in [-0.3, -0.25) is 0 Å². The van der Waals surface area contributed by atoms with Crippen molar-refractivity contribution in [1.29, 1.82) is 0 Å². The Balaban J connectivity index is 2.09. The number of anilines is 1. The summed E-state index contributed by atoms with van der Waals surface area (Å²) in [7, 11) is 0. The molecule has 1 aliphatic heterocycles. The molecule has 88 valence electrons. The molecule has 1 aliphatic rings. The van der Waals surface area contributed by atoms with Gasteiger partial charge in [0.05, 0.1) is 0 Å². The Labute approximate surface area is 97.7 Å². The van der Waals surface area contributed by atoms with E-state index in [1.807, 2.05) is 6.20 Å². The summed E-state index contributed by atoms with van der Waals surface area (Å²) in [5, 5.41) is 6.83. The average molecular weight is 219 g/mol. The van der Waals surface area contributed by atoms with Crippen LogP contribution in [0.1, 0.15) is 32.8 Å². The van der Waals surface area contributed by atoms with Crippen LogP contribution in [0.15, 0.2) is 18.3 Å². The van der Waals surface area contributed by atoms with E-state index in [9.17, 15) is 0 Å². The Morgan fingerprint density at radius 1 is 1.44 bits per heavy atom. The Morgan fingerprint density at radius 2 is 2.25 bits per heavy atom. The molecule has 1 aromatic rings. The van der Waals surface area contributed by atoms with E-state index in [0.29, 0.717) is 6.04 Å². The van der Waals surface area contributed by atoms with Gasteiger partial charge >= 0.3 is 0 Å². The summed E-state index contributed by atoms with van der Waals surface area (Å²) >= 11 is 0. The van der Waals surface area contributed by atoms with Crippen molar-refractivity contribution < 1.29 is 0 Å². The van der Waals surface area contributed by atoms with Gasteiger partial charge in [0.25, 0.3) is 0 Å². The molecule has 0 amide bonds. The monoisotopic (exact) mass is 219 g/mol. The van der Waals surface area contributed by atoms with Crippen LogP contribution in [-0.4, -0.2) is 24.1 Å². The maximum atomic E-state index is 4.38. The Bertz CT molecular complexity index is 348. The van der Waals surface area contributed by atoms with Crippen LogP contribution in [0, 0.1) is 0 Å². The van der Waals surface area contributed by atoms with Crippen LogP contribution in [-0.2, 0) is 5.41 Å². The molecule has 2 rings (SSSR count). The fourth-order valence-corrected chi connectivity index (χ4v) is 1.96. The van der Waals surface area contributed by atoms with Crippen LogP contribution in [0.25, 0.3) is 0 Å². The number of hydrogen-bond donors (Lipinski definition) is 2. The summed E-state index contributed by atoms with van der Waals surface area (Å²) in [4.78, 5) is 4.38. The van der Waals surface area contributed by atoms with E-state index in [-0.39, 0.29) is 5.41 Å². The van der Waals surface area contributed by atoms with Crippen molar-refractivity contribution >= 4 is 5.82 Å². The van der Waals surface area contributed by atoms with Gasteiger partial charge in [-0.15, -0.1) is 0 Å². The van der Waals surface area contributed by atoms with E-state index < -0.39 is 0 Å². The predicted octanol–water partition coefficient (Wildman–Crippen LogP) is 2.15. The number of aromatic nitrogens is 1. The molecule has 1 unspecified atom stereocenters. The van der Waals surface area contributed by atoms with Gasteiger partial charge in [0.1, 0.15) is 5.82 Å². The zero-order valence-corrected chi connectivity index (χ0v) is 10.4. The van der Waals surface area contributed by atoms with Crippen LogP contribution in [0.3, 0.4) is 0 Å². The van der Waals surface area contributed by atoms with E-state index >= 15 is 0 Å². The molecule has 1 aromatic heterocycles. The molecule has 1 atom stereocenters. The van der Waals surface area contributed by atoms with Gasteiger partial charge in [0, 0.05) is 18.8 Å². The number of hydrogen-bond acceptors (Lipinski definition) is 3. The van der Waals surface area contributed by atoms with Gasteiger partial charge in [-0.2, -0.15) is 0 Å². The molecule has 3 nitrogen and oxygen atoms in total. The SMILES string of the molecule is CC(C)(C)c1ccnc(NC2CCNC2)c1. The molecule has 16 heavy (non-hydrogen) atoms. The van der Waals surface area contributed by atoms with E-state index in [4.69, 9.17) is 0 Å². The molecule has 0 aromatic carbocycles. The molecule has 0 radical (unpaired) electrons. The highest BCUT2D eigenvalue weighted by atomic mass is 15.1. The first kappa shape index (κ1) is 11.4. The quantitative estimate of drug-likeness (QED) is 0.800. The van der Waals surface area contributed by atoms with Gasteiger partial charge in [-0.25, -0.2) is 4.98 Å². The van der Waals surface area contributed by atoms with Crippen molar-refractivity contribution in [2.75, 3.05) is 18.4 Å². The minimum absolute atomic E-state index is 0.188. The predicted molar refractivity (Wildman–Crippen MR) is 67.8 cm³/mol. The van der Waals surface area contributed by atoms with Gasteiger partial charge in [-0.1, -0.05) is 20.8 Å². The van der Waals surface area contributed by atoms with Gasteiger partial charge < -0.3 is 10.6 Å². The fourth-order valence-electron chi connectivity index (χ4n) is 1.96. The third kappa shape index (κ3) is 2.73. The third-order valence-electron chi connectivity index (χ3n) is 3.04. The van der Waals surface area contributed by atoms with Crippen LogP contribution in [0.4, 0.5) is 5.82 Å². The van der Waals surface area contributed by atoms with Crippen LogP contribution < -0.4 is 10.6 Å². The molecule has 0 bridgehead atoms. The fraction of sp³-hybridized carbons (Fsp3) is 0.615. The first-order valence-electron chi connectivity index (χ1n) is 5.99. The van der Waals surface area contributed by atoms with Crippen molar-refractivity contribution in [1.82, 2.24) is 10.3 Å². The smallest absolute Gasteiger partial charge is 0.126 e. The van der Waals surface area contributed by atoms with Crippen molar-refractivity contribution in [3.8, 4) is 0 Å². The molecule has 2 heterocycles. The first-order valence-corrected chi connectivity index (χ1v) is 5.99. The lowest BCUT2D eigenvalue weighted by atomic mass is 9.88. The topological polar surface area (TPSA) is 37.0 Å². The van der Waals surface area contributed by atoms with E-state index in [0.717, 1.165) is 18.9 Å². The third-order valence-corrected chi connectivity index (χ3v) is 3.04. The summed E-state index contributed by atoms with van der Waals surface area (Å²) in [5.41, 5.74) is 1.52. The second-order valence-electron chi connectivity index (χ2n) is 5.51. The Kier molecular flexibility index (Phi) is 3.15. The van der Waals surface area contributed by atoms with Crippen molar-refractivity contribution in [2.45, 2.75) is 38.6 Å². The summed E-state index contributed by atoms with van der Waals surface area (Å²) in [5.74, 6) is 1.00. The highest BCUT2D eigenvalue weighted by Gasteiger charge is 2.17. The minimum Gasteiger partial charge on any atom is -0.366 e. The summed E-state index contributed by atoms with van der Waals surface area (Å²) in [6.07, 6.45) is 3.08. The summed E-state index contributed by atoms with van der Waals surface area (Å²) in [6.45, 7) is 8.83. The van der Waals surface area contributed by atoms with E-state index in [2.05, 4.69) is 48.5 Å². The molecular formula is C13H21N3. The maximum Gasteiger partial charge on any atom is 0.126 e. The zero-order valence-electron chi connectivity index (χ0n) is 10.4. The van der Waals surface area contributed by atoms with Crippen LogP contribution in [0.2, 0.25) is 0 Å². The van der Waals surface area contributed by atoms with Crippen molar-refractivity contribution in [2.24, 2.45) is 0 Å². The second-order valence-corrected chi connectivity index (χ2v) is 5.51. The highest BCUT2D eigenvalue weighted by Crippen LogP contribution is 2.23. The number of pyridine rings is 1. The molecule has 0 spiro atoms. The molecule has 1 fully saturated rings. The van der Waals surface area contributed by atoms with E-state index in [1.54, 1.807) is 0 Å². The molecule has 0 saturated carbocycles. The molecule has 1 saturated heterocycles. The molecule has 2 N–H and O–H groups in total. The minimum atomic E-state index is 0.188. The molecule has 3 heteroatoms. The lowest BCUT2D eigenvalue weighted by Crippen LogP contribution is -2.23. The second kappa shape index (κ2) is 4.42. The Morgan fingerprint density at radius 3 is 2.88 bits per heavy atom. The van der Waals surface area contributed by atoms with Gasteiger partial charge in [0.2, 0.25) is 0 Å². The largest absolute Gasteiger partial charge is 0.366 e. The summed E-state index contributed by atoms with van der Waals surface area (Å²) in [6, 6.07) is 4.79. The molecule has 0 aliphatic carbocycles. The standard InChI is InChI=1S/C13H21N3/c1-13(2,3)10-4-7-15-12(8-10)16-11-5-6-14-9-11/h4,7-8,11,14H,5-6,9H2,1-3H3,(H,15,16). The van der Waals surface area contributed by atoms with E-state index in [1.165, 1.54) is 12.0 Å². The highest BCUT2D eigenvalue weighted by molar-refractivity contribution is 5.41. The van der Waals surface area contributed by atoms with Gasteiger partial charge in [-0.05, 0) is 36.1 Å². The number of nitrogens with one attached hydrogen (secondary N) is 2. The normalized spacial score (nSPS) is 21.1. The van der Waals surface area contributed by atoms with Crippen LogP contribution >= 0.6 is 0 Å². The molecular weight excluding hydrogens is 198 g/mol. The average Bonchev–Trinajstić information content (AvgIpc) is 2.70. The van der Waals surface area contributed by atoms with Crippen molar-refractivity contribution in [3.63, 3.8) is 0 Å². The lowest BCUT2D eigenvalue weighted by molar-refractivity contribution is 0.589. The van der Waals surface area contributed by atoms with Crippen LogP contribution in [0.5, 0.6) is 0 Å². The van der Waals surface area contributed by atoms with Gasteiger partial charge in [0.15, 0.2) is 0 Å². The first-order chi connectivity index (χ1) is 7.55. The zero-order chi connectivity index (χ0) is 11.6. The summed E-state index contributed by atoms with van der Waals surface area (Å²) < 4.78 is 0. The maximum absolute atomic E-state index is 4.38.